The number of carbonyl (C=O) groups is 1. The van der Waals surface area contributed by atoms with Crippen LogP contribution < -0.4 is 16.2 Å². The van der Waals surface area contributed by atoms with Gasteiger partial charge >= 0.3 is 0 Å². The minimum Gasteiger partial charge on any atom is -0.348 e. The first-order valence-electron chi connectivity index (χ1n) is 5.88. The van der Waals surface area contributed by atoms with Crippen molar-refractivity contribution in [3.05, 3.63) is 33.7 Å². The highest BCUT2D eigenvalue weighted by Crippen LogP contribution is 2.02. The van der Waals surface area contributed by atoms with Gasteiger partial charge in [0.2, 0.25) is 0 Å². The molecule has 17 heavy (non-hydrogen) atoms. The molecule has 2 heterocycles. The van der Waals surface area contributed by atoms with Crippen molar-refractivity contribution < 1.29 is 4.79 Å². The van der Waals surface area contributed by atoms with E-state index >= 15 is 0 Å². The van der Waals surface area contributed by atoms with Crippen LogP contribution in [0.2, 0.25) is 0 Å². The summed E-state index contributed by atoms with van der Waals surface area (Å²) < 4.78 is 0. The van der Waals surface area contributed by atoms with Gasteiger partial charge in [0.1, 0.15) is 5.56 Å². The van der Waals surface area contributed by atoms with Gasteiger partial charge in [0.15, 0.2) is 0 Å². The summed E-state index contributed by atoms with van der Waals surface area (Å²) in [5.41, 5.74) is 0.610. The Bertz CT molecular complexity index is 461. The topological polar surface area (TPSA) is 74.0 Å². The molecule has 1 fully saturated rings. The maximum atomic E-state index is 11.9. The van der Waals surface area contributed by atoms with Gasteiger partial charge in [-0.05, 0) is 38.4 Å². The van der Waals surface area contributed by atoms with E-state index in [-0.39, 0.29) is 23.1 Å². The van der Waals surface area contributed by atoms with Crippen LogP contribution in [0.1, 0.15) is 28.9 Å². The first kappa shape index (κ1) is 11.9. The van der Waals surface area contributed by atoms with E-state index in [4.69, 9.17) is 0 Å². The normalized spacial score (nSPS) is 19.9. The van der Waals surface area contributed by atoms with E-state index in [1.807, 2.05) is 0 Å². The van der Waals surface area contributed by atoms with Crippen molar-refractivity contribution >= 4 is 5.91 Å². The number of nitrogens with one attached hydrogen (secondary N) is 3. The lowest BCUT2D eigenvalue weighted by atomic mass is 10.1. The Labute approximate surface area is 99.6 Å². The van der Waals surface area contributed by atoms with Crippen LogP contribution in [0, 0.1) is 6.92 Å². The molecule has 0 bridgehead atoms. The maximum Gasteiger partial charge on any atom is 0.260 e. The molecular formula is C12H17N3O2. The first-order valence-corrected chi connectivity index (χ1v) is 5.88. The molecule has 2 rings (SSSR count). The predicted molar refractivity (Wildman–Crippen MR) is 65.2 cm³/mol. The zero-order valence-electron chi connectivity index (χ0n) is 9.88. The van der Waals surface area contributed by atoms with E-state index < -0.39 is 0 Å². The number of hydrogen-bond acceptors (Lipinski definition) is 3. The molecule has 1 aliphatic heterocycles. The summed E-state index contributed by atoms with van der Waals surface area (Å²) in [4.78, 5) is 26.1. The molecule has 0 saturated carbocycles. The Kier molecular flexibility index (Phi) is 3.58. The third kappa shape index (κ3) is 2.94. The molecule has 0 aromatic carbocycles. The number of H-pyrrole nitrogens is 1. The second-order valence-corrected chi connectivity index (χ2v) is 4.40. The Morgan fingerprint density at radius 3 is 2.94 bits per heavy atom. The summed E-state index contributed by atoms with van der Waals surface area (Å²) in [6.45, 7) is 3.56. The molecule has 92 valence electrons. The van der Waals surface area contributed by atoms with Gasteiger partial charge in [-0.25, -0.2) is 0 Å². The fourth-order valence-electron chi connectivity index (χ4n) is 1.99. The average Bonchev–Trinajstić information content (AvgIpc) is 2.30. The van der Waals surface area contributed by atoms with Crippen LogP contribution in [0.3, 0.4) is 0 Å². The summed E-state index contributed by atoms with van der Waals surface area (Å²) >= 11 is 0. The van der Waals surface area contributed by atoms with Crippen LogP contribution in [0.5, 0.6) is 0 Å². The SMILES string of the molecule is Cc1ccc(C(=O)NC2CCCNC2)c(=O)[nH]1. The Hall–Kier alpha value is -1.62. The second kappa shape index (κ2) is 5.14. The monoisotopic (exact) mass is 235 g/mol. The molecule has 5 nitrogen and oxygen atoms in total. The van der Waals surface area contributed by atoms with Gasteiger partial charge in [0.25, 0.3) is 11.5 Å². The van der Waals surface area contributed by atoms with E-state index in [9.17, 15) is 9.59 Å². The molecule has 1 unspecified atom stereocenters. The highest BCUT2D eigenvalue weighted by Gasteiger charge is 2.17. The smallest absolute Gasteiger partial charge is 0.260 e. The van der Waals surface area contributed by atoms with E-state index in [2.05, 4.69) is 15.6 Å². The Morgan fingerprint density at radius 1 is 1.47 bits per heavy atom. The van der Waals surface area contributed by atoms with Gasteiger partial charge in [-0.2, -0.15) is 0 Å². The molecule has 0 radical (unpaired) electrons. The number of aryl methyl sites for hydroxylation is 1. The molecule has 1 saturated heterocycles. The number of aromatic nitrogens is 1. The number of pyridine rings is 1. The molecule has 1 aromatic rings. The fourth-order valence-corrected chi connectivity index (χ4v) is 1.99. The van der Waals surface area contributed by atoms with Gasteiger partial charge in [-0.3, -0.25) is 9.59 Å². The maximum absolute atomic E-state index is 11.9. The summed E-state index contributed by atoms with van der Waals surface area (Å²) in [5, 5.41) is 6.09. The van der Waals surface area contributed by atoms with E-state index in [1.54, 1.807) is 19.1 Å². The zero-order valence-corrected chi connectivity index (χ0v) is 9.88. The van der Waals surface area contributed by atoms with E-state index in [0.29, 0.717) is 0 Å². The third-order valence-electron chi connectivity index (χ3n) is 2.93. The minimum absolute atomic E-state index is 0.122. The summed E-state index contributed by atoms with van der Waals surface area (Å²) in [5.74, 6) is -0.292. The lowest BCUT2D eigenvalue weighted by Crippen LogP contribution is -2.46. The molecule has 3 N–H and O–H groups in total. The number of rotatable bonds is 2. The average molecular weight is 235 g/mol. The summed E-state index contributed by atoms with van der Waals surface area (Å²) in [6.07, 6.45) is 2.01. The molecule has 1 atom stereocenters. The molecule has 1 aromatic heterocycles. The van der Waals surface area contributed by atoms with Crippen molar-refractivity contribution in [3.63, 3.8) is 0 Å². The van der Waals surface area contributed by atoms with Crippen LogP contribution in [-0.4, -0.2) is 30.0 Å². The van der Waals surface area contributed by atoms with Crippen molar-refractivity contribution in [2.75, 3.05) is 13.1 Å². The molecular weight excluding hydrogens is 218 g/mol. The molecule has 5 heteroatoms. The molecule has 1 amide bonds. The van der Waals surface area contributed by atoms with Crippen molar-refractivity contribution in [1.29, 1.82) is 0 Å². The van der Waals surface area contributed by atoms with Gasteiger partial charge in [-0.1, -0.05) is 0 Å². The molecule has 1 aliphatic rings. The van der Waals surface area contributed by atoms with Gasteiger partial charge in [-0.15, -0.1) is 0 Å². The van der Waals surface area contributed by atoms with Gasteiger partial charge in [0.05, 0.1) is 0 Å². The minimum atomic E-state index is -0.328. The van der Waals surface area contributed by atoms with Crippen molar-refractivity contribution in [2.45, 2.75) is 25.8 Å². The fraction of sp³-hybridized carbons (Fsp3) is 0.500. The number of hydrogen-bond donors (Lipinski definition) is 3. The van der Waals surface area contributed by atoms with Gasteiger partial charge < -0.3 is 15.6 Å². The second-order valence-electron chi connectivity index (χ2n) is 4.40. The van der Waals surface area contributed by atoms with Gasteiger partial charge in [0, 0.05) is 18.3 Å². The largest absolute Gasteiger partial charge is 0.348 e. The highest BCUT2D eigenvalue weighted by atomic mass is 16.2. The van der Waals surface area contributed by atoms with Crippen LogP contribution in [0.4, 0.5) is 0 Å². The molecule has 0 aliphatic carbocycles. The van der Waals surface area contributed by atoms with Crippen molar-refractivity contribution in [3.8, 4) is 0 Å². The first-order chi connectivity index (χ1) is 8.16. The number of aromatic amines is 1. The number of piperidine rings is 1. The predicted octanol–water partition coefficient (Wildman–Crippen LogP) is 0.165. The van der Waals surface area contributed by atoms with Crippen molar-refractivity contribution in [1.82, 2.24) is 15.6 Å². The van der Waals surface area contributed by atoms with Crippen LogP contribution in [0.15, 0.2) is 16.9 Å². The van der Waals surface area contributed by atoms with Crippen LogP contribution in [0.25, 0.3) is 0 Å². The molecule has 0 spiro atoms. The van der Waals surface area contributed by atoms with Crippen molar-refractivity contribution in [2.24, 2.45) is 0 Å². The third-order valence-corrected chi connectivity index (χ3v) is 2.93. The highest BCUT2D eigenvalue weighted by molar-refractivity contribution is 5.94. The zero-order chi connectivity index (χ0) is 12.3. The Balaban J connectivity index is 2.06. The lowest BCUT2D eigenvalue weighted by Gasteiger charge is -2.23. The van der Waals surface area contributed by atoms with E-state index in [0.717, 1.165) is 31.6 Å². The Morgan fingerprint density at radius 2 is 2.29 bits per heavy atom. The van der Waals surface area contributed by atoms with E-state index in [1.165, 1.54) is 0 Å². The summed E-state index contributed by atoms with van der Waals surface area (Å²) in [7, 11) is 0. The lowest BCUT2D eigenvalue weighted by molar-refractivity contribution is 0.0929. The standard InChI is InChI=1S/C12H17N3O2/c1-8-4-5-10(11(16)14-8)12(17)15-9-3-2-6-13-7-9/h4-5,9,13H,2-3,6-7H2,1H3,(H,14,16)(H,15,17). The van der Waals surface area contributed by atoms with Crippen LogP contribution >= 0.6 is 0 Å². The van der Waals surface area contributed by atoms with Crippen LogP contribution in [-0.2, 0) is 0 Å². The quantitative estimate of drug-likeness (QED) is 0.684. The number of amides is 1. The summed E-state index contributed by atoms with van der Waals surface area (Å²) in [6, 6.07) is 3.42. The number of carbonyl (C=O) groups excluding carboxylic acids is 1.